The molecule has 0 saturated heterocycles. The molecule has 4 rings (SSSR count). The molecule has 30 heavy (non-hydrogen) atoms. The van der Waals surface area contributed by atoms with Crippen molar-refractivity contribution < 1.29 is 14.0 Å². The lowest BCUT2D eigenvalue weighted by atomic mass is 10.0. The number of aliphatic imine (C=N–C) groups is 1. The number of amides is 2. The molecule has 1 aliphatic rings. The molecule has 3 aromatic carbocycles. The van der Waals surface area contributed by atoms with Gasteiger partial charge in [0.25, 0.3) is 5.91 Å². The highest BCUT2D eigenvalue weighted by Crippen LogP contribution is 2.24. The van der Waals surface area contributed by atoms with E-state index in [1.54, 1.807) is 42.5 Å². The topological polar surface area (TPSA) is 82.6 Å². The fourth-order valence-electron chi connectivity index (χ4n) is 3.16. The Hall–Kier alpha value is -4.00. The average Bonchev–Trinajstić information content (AvgIpc) is 2.90. The second-order valence-electron chi connectivity index (χ2n) is 6.68. The maximum Gasteiger partial charge on any atom is 0.269 e. The molecule has 3 aromatic rings. The number of carbonyl (C=O) groups is 2. The Kier molecular flexibility index (Phi) is 5.52. The predicted molar refractivity (Wildman–Crippen MR) is 114 cm³/mol. The van der Waals surface area contributed by atoms with Crippen molar-refractivity contribution in [2.24, 2.45) is 4.99 Å². The van der Waals surface area contributed by atoms with E-state index < -0.39 is 23.8 Å². The highest BCUT2D eigenvalue weighted by molar-refractivity contribution is 6.20. The van der Waals surface area contributed by atoms with E-state index in [1.165, 1.54) is 6.07 Å². The number of benzodiazepines with no additional fused rings is 1. The largest absolute Gasteiger partial charge is 0.376 e. The van der Waals surface area contributed by atoms with Gasteiger partial charge in [0, 0.05) is 16.8 Å². The van der Waals surface area contributed by atoms with Gasteiger partial charge in [-0.05, 0) is 30.3 Å². The summed E-state index contributed by atoms with van der Waals surface area (Å²) in [5.41, 5.74) is 2.41. The maximum absolute atomic E-state index is 14.5. The summed E-state index contributed by atoms with van der Waals surface area (Å²) >= 11 is 0. The maximum atomic E-state index is 14.5. The van der Waals surface area contributed by atoms with Gasteiger partial charge in [-0.3, -0.25) is 9.59 Å². The molecular formula is C23H19FN4O2. The van der Waals surface area contributed by atoms with Crippen molar-refractivity contribution in [1.29, 1.82) is 0 Å². The zero-order chi connectivity index (χ0) is 20.9. The van der Waals surface area contributed by atoms with E-state index in [0.717, 1.165) is 5.69 Å². The summed E-state index contributed by atoms with van der Waals surface area (Å²) in [6, 6.07) is 22.4. The van der Waals surface area contributed by atoms with Gasteiger partial charge in [-0.15, -0.1) is 0 Å². The van der Waals surface area contributed by atoms with E-state index in [9.17, 15) is 14.0 Å². The summed E-state index contributed by atoms with van der Waals surface area (Å²) in [6.07, 6.45) is -1.20. The molecule has 0 bridgehead atoms. The standard InChI is InChI=1S/C23H19FN4O2/c24-18-12-6-4-10-16(18)21-17-11-5-7-13-19(17)26-23(30)22(28-21)27-20(29)14-25-15-8-2-1-3-9-15/h1-13,22,25H,14H2,(H,26,30)(H,27,29)/t22-/m0/s1. The van der Waals surface area contributed by atoms with Gasteiger partial charge in [0.05, 0.1) is 17.9 Å². The average molecular weight is 402 g/mol. The molecule has 0 unspecified atom stereocenters. The number of nitrogens with one attached hydrogen (secondary N) is 3. The summed E-state index contributed by atoms with van der Waals surface area (Å²) < 4.78 is 14.5. The van der Waals surface area contributed by atoms with Crippen LogP contribution in [0.4, 0.5) is 15.8 Å². The van der Waals surface area contributed by atoms with Crippen molar-refractivity contribution in [3.63, 3.8) is 0 Å². The second-order valence-corrected chi connectivity index (χ2v) is 6.68. The van der Waals surface area contributed by atoms with Crippen LogP contribution in [-0.4, -0.2) is 30.2 Å². The van der Waals surface area contributed by atoms with Crippen LogP contribution in [0.1, 0.15) is 11.1 Å². The number of hydrogen-bond acceptors (Lipinski definition) is 4. The number of carbonyl (C=O) groups excluding carboxylic acids is 2. The van der Waals surface area contributed by atoms with Gasteiger partial charge in [-0.2, -0.15) is 0 Å². The Morgan fingerprint density at radius 3 is 2.37 bits per heavy atom. The Balaban J connectivity index is 1.61. The van der Waals surface area contributed by atoms with E-state index in [2.05, 4.69) is 20.9 Å². The van der Waals surface area contributed by atoms with Gasteiger partial charge in [-0.25, -0.2) is 9.38 Å². The van der Waals surface area contributed by atoms with E-state index in [0.29, 0.717) is 17.0 Å². The van der Waals surface area contributed by atoms with Gasteiger partial charge in [-0.1, -0.05) is 48.5 Å². The minimum atomic E-state index is -1.20. The molecule has 7 heteroatoms. The normalized spacial score (nSPS) is 15.3. The first kappa shape index (κ1) is 19.3. The number of para-hydroxylation sites is 2. The van der Waals surface area contributed by atoms with Gasteiger partial charge in [0.2, 0.25) is 12.1 Å². The molecule has 0 saturated carbocycles. The number of benzene rings is 3. The number of anilines is 2. The van der Waals surface area contributed by atoms with Gasteiger partial charge < -0.3 is 16.0 Å². The van der Waals surface area contributed by atoms with Gasteiger partial charge in [0.1, 0.15) is 5.82 Å². The summed E-state index contributed by atoms with van der Waals surface area (Å²) in [5.74, 6) is -1.38. The fourth-order valence-corrected chi connectivity index (χ4v) is 3.16. The van der Waals surface area contributed by atoms with Crippen LogP contribution in [0.25, 0.3) is 0 Å². The molecule has 0 aliphatic carbocycles. The summed E-state index contributed by atoms with van der Waals surface area (Å²) in [5, 5.41) is 8.35. The number of nitrogens with zero attached hydrogens (tertiary/aromatic N) is 1. The molecule has 0 fully saturated rings. The Morgan fingerprint density at radius 2 is 1.60 bits per heavy atom. The van der Waals surface area contributed by atoms with Crippen LogP contribution in [0, 0.1) is 5.82 Å². The third kappa shape index (κ3) is 4.20. The molecule has 150 valence electrons. The van der Waals surface area contributed by atoms with E-state index in [1.807, 2.05) is 30.3 Å². The summed E-state index contributed by atoms with van der Waals surface area (Å²) in [7, 11) is 0. The third-order valence-electron chi connectivity index (χ3n) is 4.60. The Labute approximate surface area is 172 Å². The highest BCUT2D eigenvalue weighted by Gasteiger charge is 2.27. The molecule has 3 N–H and O–H groups in total. The molecule has 0 aromatic heterocycles. The number of hydrogen-bond donors (Lipinski definition) is 3. The first-order valence-electron chi connectivity index (χ1n) is 9.43. The zero-order valence-corrected chi connectivity index (χ0v) is 15.9. The van der Waals surface area contributed by atoms with Crippen molar-refractivity contribution in [3.05, 3.63) is 95.8 Å². The predicted octanol–water partition coefficient (Wildman–Crippen LogP) is 3.17. The third-order valence-corrected chi connectivity index (χ3v) is 4.60. The first-order chi connectivity index (χ1) is 14.6. The first-order valence-corrected chi connectivity index (χ1v) is 9.43. The lowest BCUT2D eigenvalue weighted by Gasteiger charge is -2.14. The number of rotatable bonds is 5. The van der Waals surface area contributed by atoms with Crippen LogP contribution in [-0.2, 0) is 9.59 Å². The smallest absolute Gasteiger partial charge is 0.269 e. The van der Waals surface area contributed by atoms with Crippen LogP contribution in [0.3, 0.4) is 0 Å². The molecular weight excluding hydrogens is 383 g/mol. The molecule has 2 amide bonds. The zero-order valence-electron chi connectivity index (χ0n) is 15.9. The number of fused-ring (bicyclic) bond motifs is 1. The van der Waals surface area contributed by atoms with Crippen LogP contribution in [0.15, 0.2) is 83.9 Å². The lowest BCUT2D eigenvalue weighted by molar-refractivity contribution is -0.125. The van der Waals surface area contributed by atoms with Crippen LogP contribution >= 0.6 is 0 Å². The molecule has 6 nitrogen and oxygen atoms in total. The second kappa shape index (κ2) is 8.57. The minimum absolute atomic E-state index is 0.0364. The van der Waals surface area contributed by atoms with Gasteiger partial charge >= 0.3 is 0 Å². The van der Waals surface area contributed by atoms with E-state index >= 15 is 0 Å². The Morgan fingerprint density at radius 1 is 0.933 bits per heavy atom. The number of halogens is 1. The molecule has 0 spiro atoms. The molecule has 1 heterocycles. The fraction of sp³-hybridized carbons (Fsp3) is 0.0870. The monoisotopic (exact) mass is 402 g/mol. The minimum Gasteiger partial charge on any atom is -0.376 e. The van der Waals surface area contributed by atoms with Crippen LogP contribution < -0.4 is 16.0 Å². The van der Waals surface area contributed by atoms with Crippen molar-refractivity contribution in [2.45, 2.75) is 6.17 Å². The van der Waals surface area contributed by atoms with E-state index in [-0.39, 0.29) is 12.1 Å². The SMILES string of the molecule is O=C(CNc1ccccc1)N[C@H]1N=C(c2ccccc2F)c2ccccc2NC1=O. The van der Waals surface area contributed by atoms with Crippen molar-refractivity contribution in [2.75, 3.05) is 17.2 Å². The molecule has 0 radical (unpaired) electrons. The summed E-state index contributed by atoms with van der Waals surface area (Å²) in [6.45, 7) is -0.0364. The molecule has 1 atom stereocenters. The molecule has 1 aliphatic heterocycles. The quantitative estimate of drug-likeness (QED) is 0.613. The van der Waals surface area contributed by atoms with Crippen LogP contribution in [0.5, 0.6) is 0 Å². The van der Waals surface area contributed by atoms with E-state index in [4.69, 9.17) is 0 Å². The highest BCUT2D eigenvalue weighted by atomic mass is 19.1. The lowest BCUT2D eigenvalue weighted by Crippen LogP contribution is -2.44. The Bertz CT molecular complexity index is 1110. The summed E-state index contributed by atoms with van der Waals surface area (Å²) in [4.78, 5) is 29.6. The van der Waals surface area contributed by atoms with Crippen molar-refractivity contribution >= 4 is 28.9 Å². The van der Waals surface area contributed by atoms with Crippen LogP contribution in [0.2, 0.25) is 0 Å². The van der Waals surface area contributed by atoms with Gasteiger partial charge in [0.15, 0.2) is 0 Å². The van der Waals surface area contributed by atoms with Crippen molar-refractivity contribution in [3.8, 4) is 0 Å². The van der Waals surface area contributed by atoms with Crippen molar-refractivity contribution in [1.82, 2.24) is 5.32 Å².